The van der Waals surface area contributed by atoms with Crippen LogP contribution < -0.4 is 4.90 Å². The highest BCUT2D eigenvalue weighted by molar-refractivity contribution is 6.33. The van der Waals surface area contributed by atoms with E-state index in [1.54, 1.807) is 6.20 Å². The molecule has 0 aliphatic carbocycles. The molecule has 1 aliphatic rings. The summed E-state index contributed by atoms with van der Waals surface area (Å²) in [5.74, 6) is 1.43. The van der Waals surface area contributed by atoms with Crippen molar-refractivity contribution in [3.8, 4) is 11.1 Å². The number of hydrogen-bond acceptors (Lipinski definition) is 3. The second-order valence-corrected chi connectivity index (χ2v) is 7.54. The summed E-state index contributed by atoms with van der Waals surface area (Å²) in [5, 5.41) is 0.690. The van der Waals surface area contributed by atoms with Gasteiger partial charge in [0.1, 0.15) is 5.82 Å². The number of hydrogen-bond donors (Lipinski definition) is 1. The maximum Gasteiger partial charge on any atom is 0.113 e. The van der Waals surface area contributed by atoms with E-state index in [2.05, 4.69) is 52.1 Å². The SMILES string of the molecule is Cc1ccc2[nH]c(C3CN(c4c(Cl)cncc4-c4ccccc4)C3)nc2c1. The van der Waals surface area contributed by atoms with E-state index >= 15 is 0 Å². The fourth-order valence-corrected chi connectivity index (χ4v) is 4.02. The highest BCUT2D eigenvalue weighted by atomic mass is 35.5. The fraction of sp³-hybridized carbons (Fsp3) is 0.182. The van der Waals surface area contributed by atoms with Crippen molar-refractivity contribution >= 4 is 28.3 Å². The zero-order valence-corrected chi connectivity index (χ0v) is 15.7. The molecule has 2 aromatic carbocycles. The normalized spacial score (nSPS) is 14.5. The number of imidazole rings is 1. The maximum atomic E-state index is 6.53. The summed E-state index contributed by atoms with van der Waals surface area (Å²) in [6.07, 6.45) is 3.62. The fourth-order valence-electron chi connectivity index (χ4n) is 3.74. The zero-order chi connectivity index (χ0) is 18.4. The minimum Gasteiger partial charge on any atom is -0.368 e. The lowest BCUT2D eigenvalue weighted by molar-refractivity contribution is 0.506. The summed E-state index contributed by atoms with van der Waals surface area (Å²) in [7, 11) is 0. The smallest absolute Gasteiger partial charge is 0.113 e. The van der Waals surface area contributed by atoms with Gasteiger partial charge in [-0.25, -0.2) is 4.98 Å². The number of H-pyrrole nitrogens is 1. The molecule has 0 radical (unpaired) electrons. The van der Waals surface area contributed by atoms with E-state index in [1.807, 2.05) is 24.4 Å². The van der Waals surface area contributed by atoms with Crippen molar-refractivity contribution in [2.75, 3.05) is 18.0 Å². The van der Waals surface area contributed by atoms with Gasteiger partial charge in [-0.1, -0.05) is 48.0 Å². The van der Waals surface area contributed by atoms with E-state index in [0.717, 1.165) is 46.8 Å². The monoisotopic (exact) mass is 374 g/mol. The van der Waals surface area contributed by atoms with Gasteiger partial charge in [0, 0.05) is 31.0 Å². The molecular formula is C22H19ClN4. The molecule has 5 rings (SSSR count). The molecule has 0 atom stereocenters. The topological polar surface area (TPSA) is 44.8 Å². The van der Waals surface area contributed by atoms with Crippen molar-refractivity contribution in [1.82, 2.24) is 15.0 Å². The van der Waals surface area contributed by atoms with E-state index in [4.69, 9.17) is 16.6 Å². The van der Waals surface area contributed by atoms with Crippen LogP contribution in [0.4, 0.5) is 5.69 Å². The molecule has 0 saturated carbocycles. The Bertz CT molecular complexity index is 1110. The Morgan fingerprint density at radius 2 is 1.89 bits per heavy atom. The van der Waals surface area contributed by atoms with Crippen LogP contribution in [-0.4, -0.2) is 28.0 Å². The molecule has 4 nitrogen and oxygen atoms in total. The summed E-state index contributed by atoms with van der Waals surface area (Å²) in [5.41, 5.74) is 6.62. The molecule has 3 heterocycles. The van der Waals surface area contributed by atoms with E-state index in [0.29, 0.717) is 10.9 Å². The zero-order valence-electron chi connectivity index (χ0n) is 15.0. The lowest BCUT2D eigenvalue weighted by atomic mass is 9.96. The molecule has 27 heavy (non-hydrogen) atoms. The first-order valence-electron chi connectivity index (χ1n) is 9.09. The molecule has 1 N–H and O–H groups in total. The average molecular weight is 375 g/mol. The Morgan fingerprint density at radius 1 is 1.07 bits per heavy atom. The minimum atomic E-state index is 0.380. The Labute approximate surface area is 162 Å². The molecule has 0 spiro atoms. The first kappa shape index (κ1) is 16.3. The van der Waals surface area contributed by atoms with E-state index in [-0.39, 0.29) is 0 Å². The summed E-state index contributed by atoms with van der Waals surface area (Å²) < 4.78 is 0. The van der Waals surface area contributed by atoms with Gasteiger partial charge in [-0.2, -0.15) is 0 Å². The predicted octanol–water partition coefficient (Wildman–Crippen LogP) is 5.19. The van der Waals surface area contributed by atoms with Gasteiger partial charge in [0.25, 0.3) is 0 Å². The van der Waals surface area contributed by atoms with Gasteiger partial charge in [-0.3, -0.25) is 4.98 Å². The number of fused-ring (bicyclic) bond motifs is 1. The highest BCUT2D eigenvalue weighted by Gasteiger charge is 2.33. The second kappa shape index (κ2) is 6.39. The van der Waals surface area contributed by atoms with Crippen LogP contribution in [0.25, 0.3) is 22.2 Å². The number of aryl methyl sites for hydroxylation is 1. The van der Waals surface area contributed by atoms with Crippen LogP contribution >= 0.6 is 11.6 Å². The molecule has 5 heteroatoms. The summed E-state index contributed by atoms with van der Waals surface area (Å²) >= 11 is 6.53. The molecular weight excluding hydrogens is 356 g/mol. The van der Waals surface area contributed by atoms with Crippen LogP contribution in [0.15, 0.2) is 60.9 Å². The number of aromatic amines is 1. The van der Waals surface area contributed by atoms with Gasteiger partial charge >= 0.3 is 0 Å². The number of benzene rings is 2. The first-order chi connectivity index (χ1) is 13.2. The van der Waals surface area contributed by atoms with E-state index in [9.17, 15) is 0 Å². The Kier molecular flexibility index (Phi) is 3.87. The quantitative estimate of drug-likeness (QED) is 0.536. The van der Waals surface area contributed by atoms with Crippen molar-refractivity contribution in [2.45, 2.75) is 12.8 Å². The maximum absolute atomic E-state index is 6.53. The Morgan fingerprint density at radius 3 is 2.70 bits per heavy atom. The number of nitrogens with one attached hydrogen (secondary N) is 1. The molecule has 0 amide bonds. The third kappa shape index (κ3) is 2.86. The van der Waals surface area contributed by atoms with Crippen LogP contribution in [0, 0.1) is 6.92 Å². The number of pyridine rings is 1. The van der Waals surface area contributed by atoms with Gasteiger partial charge in [-0.15, -0.1) is 0 Å². The number of nitrogens with zero attached hydrogens (tertiary/aromatic N) is 3. The summed E-state index contributed by atoms with van der Waals surface area (Å²) in [4.78, 5) is 14.9. The first-order valence-corrected chi connectivity index (χ1v) is 9.47. The third-order valence-corrected chi connectivity index (χ3v) is 5.48. The highest BCUT2D eigenvalue weighted by Crippen LogP contribution is 2.41. The summed E-state index contributed by atoms with van der Waals surface area (Å²) in [6, 6.07) is 16.6. The van der Waals surface area contributed by atoms with Crippen LogP contribution in [0.3, 0.4) is 0 Å². The van der Waals surface area contributed by atoms with E-state index in [1.165, 1.54) is 5.56 Å². The van der Waals surface area contributed by atoms with Crippen molar-refractivity contribution in [3.05, 3.63) is 77.3 Å². The van der Waals surface area contributed by atoms with Gasteiger partial charge in [0.2, 0.25) is 0 Å². The lowest BCUT2D eigenvalue weighted by Gasteiger charge is -2.41. The molecule has 0 unspecified atom stereocenters. The molecule has 4 aromatic rings. The van der Waals surface area contributed by atoms with Crippen molar-refractivity contribution in [1.29, 1.82) is 0 Å². The van der Waals surface area contributed by atoms with Gasteiger partial charge < -0.3 is 9.88 Å². The predicted molar refractivity (Wildman–Crippen MR) is 110 cm³/mol. The average Bonchev–Trinajstić information content (AvgIpc) is 3.05. The molecule has 1 aliphatic heterocycles. The Balaban J connectivity index is 1.43. The molecule has 134 valence electrons. The number of anilines is 1. The van der Waals surface area contributed by atoms with Gasteiger partial charge in [-0.05, 0) is 30.2 Å². The van der Waals surface area contributed by atoms with Crippen LogP contribution in [0.1, 0.15) is 17.3 Å². The van der Waals surface area contributed by atoms with E-state index < -0.39 is 0 Å². The minimum absolute atomic E-state index is 0.380. The standard InChI is InChI=1S/C22H19ClN4/c1-14-7-8-19-20(9-14)26-22(25-19)16-12-27(13-16)21-17(10-24-11-18(21)23)15-5-3-2-4-6-15/h2-11,16H,12-13H2,1H3,(H,25,26). The summed E-state index contributed by atoms with van der Waals surface area (Å²) in [6.45, 7) is 3.88. The number of aromatic nitrogens is 3. The molecule has 1 fully saturated rings. The van der Waals surface area contributed by atoms with Crippen LogP contribution in [-0.2, 0) is 0 Å². The lowest BCUT2D eigenvalue weighted by Crippen LogP contribution is -2.46. The van der Waals surface area contributed by atoms with Crippen molar-refractivity contribution in [2.24, 2.45) is 0 Å². The molecule has 0 bridgehead atoms. The van der Waals surface area contributed by atoms with Crippen molar-refractivity contribution < 1.29 is 0 Å². The van der Waals surface area contributed by atoms with Gasteiger partial charge in [0.15, 0.2) is 0 Å². The Hall–Kier alpha value is -2.85. The third-order valence-electron chi connectivity index (χ3n) is 5.20. The largest absolute Gasteiger partial charge is 0.368 e. The second-order valence-electron chi connectivity index (χ2n) is 7.13. The molecule has 2 aromatic heterocycles. The van der Waals surface area contributed by atoms with Crippen LogP contribution in [0.2, 0.25) is 5.02 Å². The number of rotatable bonds is 3. The molecule has 1 saturated heterocycles. The van der Waals surface area contributed by atoms with Gasteiger partial charge in [0.05, 0.1) is 27.7 Å². The van der Waals surface area contributed by atoms with Crippen molar-refractivity contribution in [3.63, 3.8) is 0 Å². The van der Waals surface area contributed by atoms with Crippen LogP contribution in [0.5, 0.6) is 0 Å². The number of halogens is 1.